The van der Waals surface area contributed by atoms with Gasteiger partial charge in [-0.05, 0) is 54.7 Å². The second-order valence-corrected chi connectivity index (χ2v) is 8.76. The number of ether oxygens (including phenoxy) is 2. The molecule has 3 atom stereocenters. The molecule has 2 saturated carbocycles. The third-order valence-electron chi connectivity index (χ3n) is 6.80. The number of hydrogen-bond donors (Lipinski definition) is 1. The van der Waals surface area contributed by atoms with Gasteiger partial charge in [-0.2, -0.15) is 0 Å². The number of nitrogens with zero attached hydrogens (tertiary/aromatic N) is 1. The Balaban J connectivity index is 1.18. The van der Waals surface area contributed by atoms with Gasteiger partial charge in [0.05, 0.1) is 5.54 Å². The topological polar surface area (TPSA) is 67.9 Å². The molecule has 2 aliphatic heterocycles. The molecule has 156 valence electrons. The highest BCUT2D eigenvalue weighted by Crippen LogP contribution is 2.59. The number of carbonyl (C=O) groups is 2. The van der Waals surface area contributed by atoms with Crippen molar-refractivity contribution in [2.75, 3.05) is 19.7 Å². The molecule has 4 aliphatic rings. The molecular weight excluding hydrogens is 389 g/mol. The van der Waals surface area contributed by atoms with Gasteiger partial charge >= 0.3 is 12.5 Å². The van der Waals surface area contributed by atoms with E-state index in [1.165, 1.54) is 6.07 Å². The van der Waals surface area contributed by atoms with Gasteiger partial charge < -0.3 is 19.7 Å². The number of likely N-dealkylation sites (tertiary alicyclic amines) is 1. The van der Waals surface area contributed by atoms with Crippen molar-refractivity contribution in [3.05, 3.63) is 29.3 Å². The van der Waals surface area contributed by atoms with E-state index in [1.807, 2.05) is 11.0 Å². The number of halogens is 3. The number of nitrogens with one attached hydrogen (secondary N) is 1. The fraction of sp³-hybridized carbons (Fsp3) is 0.600. The van der Waals surface area contributed by atoms with E-state index in [0.717, 1.165) is 5.56 Å². The molecule has 0 unspecified atom stereocenters. The Morgan fingerprint density at radius 3 is 2.55 bits per heavy atom. The molecule has 1 aromatic rings. The summed E-state index contributed by atoms with van der Waals surface area (Å²) in [5.74, 6) is 0.582. The highest BCUT2D eigenvalue weighted by molar-refractivity contribution is 5.82. The quantitative estimate of drug-likeness (QED) is 0.832. The molecule has 9 heteroatoms. The second kappa shape index (κ2) is 6.03. The Labute approximate surface area is 165 Å². The normalized spacial score (nSPS) is 35.0. The standard InChI is InChI=1S/C20H21F3N2O4/c1-10-2-3-11(4-15(10)29-20(21,22)23)16-13-7-25(8-14(13)16)17(26)12-5-19(6-12)9-28-18(27)24-19/h2-4,12-14,16H,5-9H2,1H3,(H,24,27)/t12-,13-,14+,16+,19+. The highest BCUT2D eigenvalue weighted by Gasteiger charge is 2.59. The summed E-state index contributed by atoms with van der Waals surface area (Å²) in [5, 5.41) is 2.79. The van der Waals surface area contributed by atoms with Crippen LogP contribution in [0.1, 0.15) is 29.9 Å². The molecule has 2 saturated heterocycles. The minimum Gasteiger partial charge on any atom is -0.447 e. The number of carbonyl (C=O) groups excluding carboxylic acids is 2. The molecule has 6 nitrogen and oxygen atoms in total. The molecule has 1 aromatic carbocycles. The fourth-order valence-electron chi connectivity index (χ4n) is 5.29. The van der Waals surface area contributed by atoms with Crippen LogP contribution < -0.4 is 10.1 Å². The average Bonchev–Trinajstić information content (AvgIpc) is 2.94. The lowest BCUT2D eigenvalue weighted by atomic mass is 9.68. The van der Waals surface area contributed by atoms with Gasteiger partial charge in [0.2, 0.25) is 5.91 Å². The number of cyclic esters (lactones) is 1. The van der Waals surface area contributed by atoms with E-state index in [2.05, 4.69) is 10.1 Å². The number of amides is 2. The van der Waals surface area contributed by atoms with Gasteiger partial charge in [-0.3, -0.25) is 4.79 Å². The zero-order valence-corrected chi connectivity index (χ0v) is 15.8. The minimum absolute atomic E-state index is 0.0980. The minimum atomic E-state index is -4.71. The lowest BCUT2D eigenvalue weighted by Gasteiger charge is -2.43. The first-order valence-corrected chi connectivity index (χ1v) is 9.74. The number of alkyl carbamates (subject to hydrolysis) is 1. The number of rotatable bonds is 3. The van der Waals surface area contributed by atoms with Gasteiger partial charge in [0.25, 0.3) is 0 Å². The van der Waals surface area contributed by atoms with Crippen LogP contribution in [0.5, 0.6) is 5.75 Å². The van der Waals surface area contributed by atoms with Crippen molar-refractivity contribution in [3.63, 3.8) is 0 Å². The SMILES string of the molecule is Cc1ccc([C@H]2[C@@H]3CN(C(=O)[C@H]4C[C@]5(COC(=O)N5)C4)C[C@@H]32)cc1OC(F)(F)F. The molecule has 2 heterocycles. The largest absolute Gasteiger partial charge is 0.573 e. The van der Waals surface area contributed by atoms with Crippen LogP contribution in [-0.4, -0.2) is 48.5 Å². The van der Waals surface area contributed by atoms with Gasteiger partial charge in [-0.15, -0.1) is 13.2 Å². The summed E-state index contributed by atoms with van der Waals surface area (Å²) in [6, 6.07) is 4.99. The van der Waals surface area contributed by atoms with Gasteiger partial charge in [0, 0.05) is 19.0 Å². The summed E-state index contributed by atoms with van der Waals surface area (Å²) in [7, 11) is 0. The van der Waals surface area contributed by atoms with E-state index >= 15 is 0 Å². The van der Waals surface area contributed by atoms with Gasteiger partial charge in [0.15, 0.2) is 0 Å². The van der Waals surface area contributed by atoms with Gasteiger partial charge in [-0.25, -0.2) is 4.79 Å². The third kappa shape index (κ3) is 3.20. The first kappa shape index (κ1) is 18.6. The Kier molecular flexibility index (Phi) is 3.86. The first-order valence-electron chi connectivity index (χ1n) is 9.74. The van der Waals surface area contributed by atoms with Crippen molar-refractivity contribution >= 4 is 12.0 Å². The van der Waals surface area contributed by atoms with E-state index in [4.69, 9.17) is 4.74 Å². The van der Waals surface area contributed by atoms with Crippen LogP contribution in [0.25, 0.3) is 0 Å². The monoisotopic (exact) mass is 410 g/mol. The van der Waals surface area contributed by atoms with Gasteiger partial charge in [0.1, 0.15) is 12.4 Å². The number of fused-ring (bicyclic) bond motifs is 1. The molecule has 0 aromatic heterocycles. The molecule has 1 N–H and O–H groups in total. The van der Waals surface area contributed by atoms with Crippen LogP contribution in [0.15, 0.2) is 18.2 Å². The van der Waals surface area contributed by atoms with Crippen molar-refractivity contribution in [2.24, 2.45) is 17.8 Å². The molecule has 2 amide bonds. The Bertz CT molecular complexity index is 869. The maximum atomic E-state index is 12.7. The molecule has 29 heavy (non-hydrogen) atoms. The molecule has 5 rings (SSSR count). The lowest BCUT2D eigenvalue weighted by molar-refractivity contribution is -0.274. The van der Waals surface area contributed by atoms with Crippen LogP contribution in [0.4, 0.5) is 18.0 Å². The van der Waals surface area contributed by atoms with E-state index in [-0.39, 0.29) is 40.9 Å². The van der Waals surface area contributed by atoms with Crippen LogP contribution >= 0.6 is 0 Å². The van der Waals surface area contributed by atoms with Crippen molar-refractivity contribution < 1.29 is 32.2 Å². The number of hydrogen-bond acceptors (Lipinski definition) is 4. The van der Waals surface area contributed by atoms with E-state index in [1.54, 1.807) is 13.0 Å². The van der Waals surface area contributed by atoms with E-state index in [9.17, 15) is 22.8 Å². The van der Waals surface area contributed by atoms with Crippen LogP contribution in [0, 0.1) is 24.7 Å². The number of benzene rings is 1. The zero-order chi connectivity index (χ0) is 20.6. The summed E-state index contributed by atoms with van der Waals surface area (Å²) >= 11 is 0. The molecule has 0 bridgehead atoms. The molecule has 4 fully saturated rings. The van der Waals surface area contributed by atoms with Gasteiger partial charge in [-0.1, -0.05) is 12.1 Å². The molecular formula is C20H21F3N2O4. The second-order valence-electron chi connectivity index (χ2n) is 8.76. The number of aryl methyl sites for hydroxylation is 1. The highest BCUT2D eigenvalue weighted by atomic mass is 19.4. The molecule has 0 radical (unpaired) electrons. The van der Waals surface area contributed by atoms with Crippen molar-refractivity contribution in [1.29, 1.82) is 0 Å². The lowest BCUT2D eigenvalue weighted by Crippen LogP contribution is -2.58. The van der Waals surface area contributed by atoms with E-state index in [0.29, 0.717) is 38.1 Å². The van der Waals surface area contributed by atoms with Crippen molar-refractivity contribution in [1.82, 2.24) is 10.2 Å². The number of piperidine rings is 1. The summed E-state index contributed by atoms with van der Waals surface area (Å²) in [6.07, 6.45) is -3.94. The third-order valence-corrected chi connectivity index (χ3v) is 6.80. The smallest absolute Gasteiger partial charge is 0.447 e. The van der Waals surface area contributed by atoms with Crippen molar-refractivity contribution in [3.8, 4) is 5.75 Å². The predicted molar refractivity (Wildman–Crippen MR) is 94.1 cm³/mol. The Hall–Kier alpha value is -2.45. The summed E-state index contributed by atoms with van der Waals surface area (Å²) in [6.45, 7) is 3.16. The van der Waals surface area contributed by atoms with Crippen LogP contribution in [-0.2, 0) is 9.53 Å². The van der Waals surface area contributed by atoms with Crippen LogP contribution in [0.2, 0.25) is 0 Å². The Morgan fingerprint density at radius 2 is 1.97 bits per heavy atom. The summed E-state index contributed by atoms with van der Waals surface area (Å²) in [5.41, 5.74) is 0.903. The number of alkyl halides is 3. The fourth-order valence-corrected chi connectivity index (χ4v) is 5.29. The first-order chi connectivity index (χ1) is 13.6. The maximum absolute atomic E-state index is 12.7. The van der Waals surface area contributed by atoms with E-state index < -0.39 is 12.5 Å². The molecule has 2 aliphatic carbocycles. The maximum Gasteiger partial charge on any atom is 0.573 e. The predicted octanol–water partition coefficient (Wildman–Crippen LogP) is 2.95. The average molecular weight is 410 g/mol. The summed E-state index contributed by atoms with van der Waals surface area (Å²) < 4.78 is 46.8. The Morgan fingerprint density at radius 1 is 1.28 bits per heavy atom. The zero-order valence-electron chi connectivity index (χ0n) is 15.8. The van der Waals surface area contributed by atoms with Crippen LogP contribution in [0.3, 0.4) is 0 Å². The summed E-state index contributed by atoms with van der Waals surface area (Å²) in [4.78, 5) is 25.8. The molecule has 1 spiro atoms. The van der Waals surface area contributed by atoms with Crippen molar-refractivity contribution in [2.45, 2.75) is 37.6 Å².